The fraction of sp³-hybridized carbons (Fsp3) is 0.259. The summed E-state index contributed by atoms with van der Waals surface area (Å²) >= 11 is 0. The third-order valence-electron chi connectivity index (χ3n) is 5.97. The molecule has 1 aliphatic heterocycles. The van der Waals surface area contributed by atoms with Crippen molar-refractivity contribution >= 4 is 29.0 Å². The Morgan fingerprint density at radius 2 is 1.74 bits per heavy atom. The Bertz CT molecular complexity index is 1520. The van der Waals surface area contributed by atoms with Crippen molar-refractivity contribution in [2.45, 2.75) is 38.2 Å². The second-order valence-corrected chi connectivity index (χ2v) is 8.54. The number of carbonyl (C=O) groups excluding carboxylic acids is 3. The van der Waals surface area contributed by atoms with Crippen molar-refractivity contribution in [1.82, 2.24) is 19.5 Å². The van der Waals surface area contributed by atoms with Gasteiger partial charge in [0.05, 0.1) is 29.0 Å². The Morgan fingerprint density at radius 1 is 1.08 bits per heavy atom. The van der Waals surface area contributed by atoms with Gasteiger partial charge in [-0.05, 0) is 24.3 Å². The largest absolute Gasteiger partial charge is 3.00 e. The predicted octanol–water partition coefficient (Wildman–Crippen LogP) is 2.76. The molecule has 1 aliphatic rings. The first-order valence-corrected chi connectivity index (χ1v) is 12.1. The minimum absolute atomic E-state index is 0. The van der Waals surface area contributed by atoms with Gasteiger partial charge in [-0.2, -0.15) is 0 Å². The van der Waals surface area contributed by atoms with Crippen LogP contribution in [-0.2, 0) is 51.7 Å². The minimum atomic E-state index is -0.810. The molecular weight excluding hydrogens is 579 g/mol. The summed E-state index contributed by atoms with van der Waals surface area (Å²) in [5, 5.41) is 0. The van der Waals surface area contributed by atoms with Crippen molar-refractivity contribution in [3.8, 4) is 0 Å². The van der Waals surface area contributed by atoms with Gasteiger partial charge < -0.3 is 28.7 Å². The van der Waals surface area contributed by atoms with E-state index in [4.69, 9.17) is 14.2 Å². The monoisotopic (exact) mass is 603 g/mol. The average molecular weight is 603 g/mol. The quantitative estimate of drug-likeness (QED) is 0.252. The first-order chi connectivity index (χ1) is 18.5. The molecular formula is C27H24N5O6Y+2. The maximum atomic E-state index is 12.9. The van der Waals surface area contributed by atoms with Gasteiger partial charge in [0.15, 0.2) is 6.23 Å². The number of aromatic nitrogens is 4. The number of ether oxygens (including phenoxy) is 3. The molecule has 1 amide bonds. The van der Waals surface area contributed by atoms with Crippen molar-refractivity contribution < 1.29 is 61.3 Å². The summed E-state index contributed by atoms with van der Waals surface area (Å²) in [7, 11) is 0. The number of fused-ring (bicyclic) bond motifs is 1. The van der Waals surface area contributed by atoms with Gasteiger partial charge in [0.1, 0.15) is 12.7 Å². The fourth-order valence-electron chi connectivity index (χ4n) is 4.08. The van der Waals surface area contributed by atoms with Gasteiger partial charge in [-0.15, -0.1) is 0 Å². The van der Waals surface area contributed by atoms with Crippen LogP contribution in [0.2, 0.25) is 0 Å². The number of hydrogen-bond acceptors (Lipinski definition) is 8. The second-order valence-electron chi connectivity index (χ2n) is 8.54. The number of carbonyl (C=O) groups is 3. The molecule has 3 atom stereocenters. The molecule has 0 aliphatic carbocycles. The van der Waals surface area contributed by atoms with Crippen molar-refractivity contribution in [1.29, 1.82) is 0 Å². The third-order valence-corrected chi connectivity index (χ3v) is 5.97. The van der Waals surface area contributed by atoms with E-state index in [0.29, 0.717) is 22.3 Å². The third kappa shape index (κ3) is 6.55. The van der Waals surface area contributed by atoms with Crippen LogP contribution < -0.4 is 5.49 Å². The number of amides is 1. The van der Waals surface area contributed by atoms with Crippen molar-refractivity contribution in [3.05, 3.63) is 89.9 Å². The number of nitrogens with one attached hydrogen (secondary N) is 1. The molecule has 11 nitrogen and oxygen atoms in total. The molecule has 194 valence electrons. The molecule has 3 heterocycles. The van der Waals surface area contributed by atoms with Gasteiger partial charge in [-0.25, -0.2) is 9.59 Å². The van der Waals surface area contributed by atoms with Crippen LogP contribution in [0.3, 0.4) is 0 Å². The molecule has 5 rings (SSSR count). The van der Waals surface area contributed by atoms with Crippen LogP contribution in [0, 0.1) is 6.33 Å². The van der Waals surface area contributed by atoms with Crippen molar-refractivity contribution in [3.63, 3.8) is 0 Å². The molecule has 12 heteroatoms. The molecule has 2 aromatic carbocycles. The van der Waals surface area contributed by atoms with E-state index in [1.165, 1.54) is 6.33 Å². The number of imidazole rings is 1. The van der Waals surface area contributed by atoms with Crippen LogP contribution in [-0.4, -0.2) is 56.2 Å². The number of esters is 2. The molecule has 1 saturated heterocycles. The normalized spacial score (nSPS) is 18.9. The van der Waals surface area contributed by atoms with Gasteiger partial charge in [-0.3, -0.25) is 14.8 Å². The van der Waals surface area contributed by atoms with E-state index in [9.17, 15) is 14.4 Å². The molecule has 0 radical (unpaired) electrons. The van der Waals surface area contributed by atoms with Crippen LogP contribution in [0.15, 0.2) is 72.0 Å². The van der Waals surface area contributed by atoms with Gasteiger partial charge in [0.25, 0.3) is 0 Å². The van der Waals surface area contributed by atoms with Crippen molar-refractivity contribution in [2.75, 3.05) is 6.61 Å². The Balaban J connectivity index is 0.00000353. The smallest absolute Gasteiger partial charge is 0.459 e. The fourth-order valence-corrected chi connectivity index (χ4v) is 4.08. The zero-order valence-corrected chi connectivity index (χ0v) is 23.9. The molecule has 1 fully saturated rings. The van der Waals surface area contributed by atoms with Gasteiger partial charge >= 0.3 is 44.6 Å². The summed E-state index contributed by atoms with van der Waals surface area (Å²) < 4.78 is 19.2. The van der Waals surface area contributed by atoms with Crippen LogP contribution >= 0.6 is 0 Å². The predicted molar refractivity (Wildman–Crippen MR) is 132 cm³/mol. The van der Waals surface area contributed by atoms with Crippen LogP contribution in [0.4, 0.5) is 0 Å². The summed E-state index contributed by atoms with van der Waals surface area (Å²) in [6, 6.07) is 17.2. The molecule has 4 aromatic rings. The number of rotatable bonds is 7. The SMILES string of the molecule is CCC(=O)N=c1n[c-][nH]c2c1ncn2C1OC(COC(=O)c2ccccc2)CC1OC(=O)c1ccccc1.[Y+3]. The van der Waals surface area contributed by atoms with E-state index in [1.54, 1.807) is 66.1 Å². The van der Waals surface area contributed by atoms with Gasteiger partial charge in [0.2, 0.25) is 5.91 Å². The number of hydrogen-bond donors (Lipinski definition) is 1. The Hall–Kier alpha value is -3.54. The zero-order chi connectivity index (χ0) is 26.5. The maximum absolute atomic E-state index is 12.9. The van der Waals surface area contributed by atoms with Crippen LogP contribution in [0.1, 0.15) is 46.7 Å². The average Bonchev–Trinajstić information content (AvgIpc) is 3.57. The van der Waals surface area contributed by atoms with Gasteiger partial charge in [-0.1, -0.05) is 43.3 Å². The summed E-state index contributed by atoms with van der Waals surface area (Å²) in [6.45, 7) is 1.66. The second kappa shape index (κ2) is 13.0. The first kappa shape index (κ1) is 28.5. The maximum Gasteiger partial charge on any atom is 3.00 e. The summed E-state index contributed by atoms with van der Waals surface area (Å²) in [5.41, 5.74) is 1.69. The molecule has 1 N–H and O–H groups in total. The van der Waals surface area contributed by atoms with E-state index in [1.807, 2.05) is 6.07 Å². The van der Waals surface area contributed by atoms with E-state index in [0.717, 1.165) is 0 Å². The number of H-pyrrole nitrogens is 1. The van der Waals surface area contributed by atoms with Crippen LogP contribution in [0.25, 0.3) is 11.2 Å². The number of aromatic amines is 1. The molecule has 2 aromatic heterocycles. The first-order valence-electron chi connectivity index (χ1n) is 12.1. The standard InChI is InChI=1S/C27H24N5O6.Y/c1-2-21(33)31-23-22-24(29-15-28-23)32(16-30-22)25-20(38-27(35)18-11-7-4-8-12-18)13-19(37-25)14-36-26(34)17-9-5-3-6-10-17;/h3-12,16,19-20,25H,2,13-14H2,1H3,(H,28,29,31,33);/q-1;+3. The van der Waals surface area contributed by atoms with E-state index >= 15 is 0 Å². The molecule has 39 heavy (non-hydrogen) atoms. The topological polar surface area (TPSA) is 138 Å². The molecule has 3 unspecified atom stereocenters. The zero-order valence-electron chi connectivity index (χ0n) is 21.0. The van der Waals surface area contributed by atoms with E-state index in [2.05, 4.69) is 26.3 Å². The summed E-state index contributed by atoms with van der Waals surface area (Å²) in [6.07, 6.45) is 2.48. The number of nitrogens with zero attached hydrogens (tertiary/aromatic N) is 4. The van der Waals surface area contributed by atoms with Crippen LogP contribution in [0.5, 0.6) is 0 Å². The Kier molecular flexibility index (Phi) is 9.50. The Morgan fingerprint density at radius 3 is 2.41 bits per heavy atom. The molecule has 0 saturated carbocycles. The van der Waals surface area contributed by atoms with E-state index in [-0.39, 0.29) is 63.6 Å². The van der Waals surface area contributed by atoms with E-state index < -0.39 is 30.4 Å². The van der Waals surface area contributed by atoms with Gasteiger partial charge in [0, 0.05) is 30.3 Å². The molecule has 0 spiro atoms. The van der Waals surface area contributed by atoms with Crippen molar-refractivity contribution in [2.24, 2.45) is 4.99 Å². The summed E-state index contributed by atoms with van der Waals surface area (Å²) in [4.78, 5) is 52.4. The number of benzene rings is 2. The Labute approximate surface area is 248 Å². The summed E-state index contributed by atoms with van der Waals surface area (Å²) in [5.74, 6) is -1.35. The minimum Gasteiger partial charge on any atom is -0.459 e. The molecule has 0 bridgehead atoms.